The summed E-state index contributed by atoms with van der Waals surface area (Å²) in [6, 6.07) is 3.00. The van der Waals surface area contributed by atoms with Gasteiger partial charge in [-0.1, -0.05) is 29.8 Å². The lowest BCUT2D eigenvalue weighted by molar-refractivity contribution is 0.111. The van der Waals surface area contributed by atoms with Crippen molar-refractivity contribution in [1.82, 2.24) is 14.6 Å². The molecule has 1 fully saturated rings. The second kappa shape index (κ2) is 9.44. The standard InChI is InChI=1S/C21H21ClF3N5O3/c1-11(12-4-3-5-13(16(12)23)18(24)25)26-19-14-10-30(29-6-8-33-9-7-29)20(31)15(22)17(14)27-21(28-19)32-2/h3-5,10-11,18H,6-9H2,1-2H3,(H,26,27,28)/t11-/m1/s1. The molecule has 8 nitrogen and oxygen atoms in total. The van der Waals surface area contributed by atoms with Gasteiger partial charge in [-0.15, -0.1) is 0 Å². The Morgan fingerprint density at radius 2 is 1.91 bits per heavy atom. The van der Waals surface area contributed by atoms with Gasteiger partial charge in [0.1, 0.15) is 22.2 Å². The van der Waals surface area contributed by atoms with E-state index in [2.05, 4.69) is 15.3 Å². The minimum atomic E-state index is -2.95. The van der Waals surface area contributed by atoms with E-state index in [1.54, 1.807) is 11.9 Å². The third-order valence-electron chi connectivity index (χ3n) is 5.37. The zero-order valence-electron chi connectivity index (χ0n) is 17.8. The average Bonchev–Trinajstić information content (AvgIpc) is 2.81. The fraction of sp³-hybridized carbons (Fsp3) is 0.381. The number of methoxy groups -OCH3 is 1. The predicted molar refractivity (Wildman–Crippen MR) is 118 cm³/mol. The summed E-state index contributed by atoms with van der Waals surface area (Å²) >= 11 is 6.38. The molecule has 176 valence electrons. The molecule has 0 spiro atoms. The molecule has 1 N–H and O–H groups in total. The first kappa shape index (κ1) is 23.1. The average molecular weight is 484 g/mol. The number of morpholine rings is 1. The van der Waals surface area contributed by atoms with Gasteiger partial charge in [0, 0.05) is 11.8 Å². The Labute approximate surface area is 191 Å². The molecule has 12 heteroatoms. The van der Waals surface area contributed by atoms with Crippen LogP contribution in [0, 0.1) is 5.82 Å². The number of nitrogens with zero attached hydrogens (tertiary/aromatic N) is 4. The molecule has 33 heavy (non-hydrogen) atoms. The number of hydrogen-bond acceptors (Lipinski definition) is 7. The van der Waals surface area contributed by atoms with Crippen molar-refractivity contribution in [2.75, 3.05) is 43.7 Å². The molecule has 3 aromatic rings. The minimum absolute atomic E-state index is 0.0335. The normalized spacial score (nSPS) is 15.2. The first-order chi connectivity index (χ1) is 15.8. The van der Waals surface area contributed by atoms with Crippen LogP contribution in [0.5, 0.6) is 6.01 Å². The van der Waals surface area contributed by atoms with Crippen LogP contribution in [0.3, 0.4) is 0 Å². The number of anilines is 1. The number of rotatable bonds is 6. The van der Waals surface area contributed by atoms with Gasteiger partial charge < -0.3 is 19.8 Å². The summed E-state index contributed by atoms with van der Waals surface area (Å²) < 4.78 is 52.8. The zero-order valence-corrected chi connectivity index (χ0v) is 18.6. The molecular formula is C21H21ClF3N5O3. The Hall–Kier alpha value is -3.05. The second-order valence-corrected chi connectivity index (χ2v) is 7.78. The predicted octanol–water partition coefficient (Wildman–Crippen LogP) is 3.67. The van der Waals surface area contributed by atoms with Crippen LogP contribution in [0.25, 0.3) is 10.9 Å². The molecule has 0 radical (unpaired) electrons. The molecule has 0 saturated carbocycles. The van der Waals surface area contributed by atoms with Gasteiger partial charge in [-0.3, -0.25) is 4.79 Å². The zero-order chi connectivity index (χ0) is 23.7. The maximum Gasteiger partial charge on any atom is 0.318 e. The maximum absolute atomic E-state index is 14.7. The van der Waals surface area contributed by atoms with E-state index in [4.69, 9.17) is 21.1 Å². The number of benzene rings is 1. The summed E-state index contributed by atoms with van der Waals surface area (Å²) in [5, 5.41) is 5.05. The van der Waals surface area contributed by atoms with Crippen molar-refractivity contribution in [3.8, 4) is 6.01 Å². The van der Waals surface area contributed by atoms with Crippen molar-refractivity contribution in [3.05, 3.63) is 56.7 Å². The van der Waals surface area contributed by atoms with E-state index in [1.165, 1.54) is 30.1 Å². The molecule has 0 unspecified atom stereocenters. The summed E-state index contributed by atoms with van der Waals surface area (Å²) in [5.74, 6) is -0.795. The molecular weight excluding hydrogens is 463 g/mol. The van der Waals surface area contributed by atoms with Gasteiger partial charge >= 0.3 is 6.01 Å². The van der Waals surface area contributed by atoms with Crippen molar-refractivity contribution in [3.63, 3.8) is 0 Å². The van der Waals surface area contributed by atoms with Gasteiger partial charge in [-0.2, -0.15) is 9.97 Å². The van der Waals surface area contributed by atoms with E-state index >= 15 is 0 Å². The SMILES string of the molecule is COc1nc(N[C@H](C)c2cccc(C(F)F)c2F)c2cn(N3CCOCC3)c(=O)c(Cl)c2n1. The van der Waals surface area contributed by atoms with Gasteiger partial charge in [0.15, 0.2) is 0 Å². The Kier molecular flexibility index (Phi) is 6.61. The Morgan fingerprint density at radius 1 is 1.21 bits per heavy atom. The lowest BCUT2D eigenvalue weighted by Gasteiger charge is -2.30. The number of pyridine rings is 1. The molecule has 1 aliphatic heterocycles. The third kappa shape index (κ3) is 4.42. The number of halogens is 4. The van der Waals surface area contributed by atoms with Gasteiger partial charge in [0.2, 0.25) is 0 Å². The lowest BCUT2D eigenvalue weighted by atomic mass is 10.0. The first-order valence-corrected chi connectivity index (χ1v) is 10.5. The molecule has 2 aromatic heterocycles. The summed E-state index contributed by atoms with van der Waals surface area (Å²) in [7, 11) is 1.35. The number of nitrogens with one attached hydrogen (secondary N) is 1. The molecule has 1 saturated heterocycles. The Balaban J connectivity index is 1.82. The smallest absolute Gasteiger partial charge is 0.318 e. The van der Waals surface area contributed by atoms with E-state index in [-0.39, 0.29) is 27.9 Å². The largest absolute Gasteiger partial charge is 0.467 e. The van der Waals surface area contributed by atoms with Gasteiger partial charge in [0.25, 0.3) is 12.0 Å². The van der Waals surface area contributed by atoms with Crippen LogP contribution in [-0.4, -0.2) is 48.1 Å². The van der Waals surface area contributed by atoms with E-state index < -0.39 is 29.4 Å². The number of aromatic nitrogens is 3. The van der Waals surface area contributed by atoms with E-state index in [0.29, 0.717) is 31.7 Å². The highest BCUT2D eigenvalue weighted by Gasteiger charge is 2.23. The summed E-state index contributed by atoms with van der Waals surface area (Å²) in [6.45, 7) is 3.45. The van der Waals surface area contributed by atoms with E-state index in [9.17, 15) is 18.0 Å². The first-order valence-electron chi connectivity index (χ1n) is 10.1. The van der Waals surface area contributed by atoms with Crippen LogP contribution in [0.15, 0.2) is 29.2 Å². The summed E-state index contributed by atoms with van der Waals surface area (Å²) in [6.07, 6.45) is -1.41. The van der Waals surface area contributed by atoms with Crippen LogP contribution in [0.2, 0.25) is 5.02 Å². The number of fused-ring (bicyclic) bond motifs is 1. The van der Waals surface area contributed by atoms with Gasteiger partial charge in [-0.25, -0.2) is 17.8 Å². The number of hydrogen-bond donors (Lipinski definition) is 1. The lowest BCUT2D eigenvalue weighted by Crippen LogP contribution is -2.48. The van der Waals surface area contributed by atoms with E-state index in [1.807, 2.05) is 0 Å². The molecule has 1 aromatic carbocycles. The fourth-order valence-corrected chi connectivity index (χ4v) is 3.89. The van der Waals surface area contributed by atoms with E-state index in [0.717, 1.165) is 6.07 Å². The molecule has 1 aliphatic rings. The van der Waals surface area contributed by atoms with Crippen molar-refractivity contribution in [2.45, 2.75) is 19.4 Å². The van der Waals surface area contributed by atoms with Gasteiger partial charge in [0.05, 0.1) is 50.4 Å². The minimum Gasteiger partial charge on any atom is -0.467 e. The Bertz CT molecular complexity index is 1230. The van der Waals surface area contributed by atoms with Crippen molar-refractivity contribution in [1.29, 1.82) is 0 Å². The number of ether oxygens (including phenoxy) is 2. The Morgan fingerprint density at radius 3 is 2.58 bits per heavy atom. The topological polar surface area (TPSA) is 81.5 Å². The highest BCUT2D eigenvalue weighted by Crippen LogP contribution is 2.32. The summed E-state index contributed by atoms with van der Waals surface area (Å²) in [4.78, 5) is 21.4. The van der Waals surface area contributed by atoms with Gasteiger partial charge in [-0.05, 0) is 6.92 Å². The fourth-order valence-electron chi connectivity index (χ4n) is 3.66. The summed E-state index contributed by atoms with van der Waals surface area (Å²) in [5.41, 5.74) is -0.974. The van der Waals surface area contributed by atoms with Crippen LogP contribution < -0.4 is 20.6 Å². The second-order valence-electron chi connectivity index (χ2n) is 7.40. The van der Waals surface area contributed by atoms with Crippen molar-refractivity contribution >= 4 is 28.3 Å². The molecule has 0 amide bonds. The molecule has 0 bridgehead atoms. The molecule has 4 rings (SSSR count). The third-order valence-corrected chi connectivity index (χ3v) is 5.71. The highest BCUT2D eigenvalue weighted by atomic mass is 35.5. The van der Waals surface area contributed by atoms with Crippen LogP contribution in [0.1, 0.15) is 30.5 Å². The van der Waals surface area contributed by atoms with Crippen LogP contribution >= 0.6 is 11.6 Å². The van der Waals surface area contributed by atoms with Crippen molar-refractivity contribution < 1.29 is 22.6 Å². The number of alkyl halides is 2. The van der Waals surface area contributed by atoms with Crippen LogP contribution in [0.4, 0.5) is 19.0 Å². The maximum atomic E-state index is 14.7. The van der Waals surface area contributed by atoms with Crippen LogP contribution in [-0.2, 0) is 4.74 Å². The van der Waals surface area contributed by atoms with Crippen molar-refractivity contribution in [2.24, 2.45) is 0 Å². The molecule has 0 aliphatic carbocycles. The highest BCUT2D eigenvalue weighted by molar-refractivity contribution is 6.35. The molecule has 3 heterocycles. The monoisotopic (exact) mass is 483 g/mol. The molecule has 1 atom stereocenters. The quantitative estimate of drug-likeness (QED) is 0.573.